The van der Waals surface area contributed by atoms with Crippen LogP contribution in [0, 0.1) is 34.5 Å². The summed E-state index contributed by atoms with van der Waals surface area (Å²) in [6.45, 7) is 12.9. The highest BCUT2D eigenvalue weighted by Gasteiger charge is 2.35. The Kier molecular flexibility index (Phi) is 19.1. The van der Waals surface area contributed by atoms with Gasteiger partial charge in [-0.05, 0) is 41.5 Å². The molecule has 0 aromatic heterocycles. The zero-order valence-electron chi connectivity index (χ0n) is 25.5. The third-order valence-electron chi connectivity index (χ3n) is 4.98. The van der Waals surface area contributed by atoms with Crippen LogP contribution in [0.4, 0.5) is 9.59 Å². The monoisotopic (exact) mass is 620 g/mol. The molecule has 2 atom stereocenters. The van der Waals surface area contributed by atoms with E-state index in [-0.39, 0.29) is 37.4 Å². The number of hydrogen-bond donors (Lipinski definition) is 4. The van der Waals surface area contributed by atoms with Crippen LogP contribution in [0.5, 0.6) is 0 Å². The van der Waals surface area contributed by atoms with Gasteiger partial charge in [0.05, 0.1) is 37.2 Å². The first-order chi connectivity index (χ1) is 19.0. The first kappa shape index (κ1) is 40.8. The number of nitriles is 2. The summed E-state index contributed by atoms with van der Waals surface area (Å²) in [5, 5.41) is 33.2. The lowest BCUT2D eigenvalue weighted by molar-refractivity contribution is -0.141. The summed E-state index contributed by atoms with van der Waals surface area (Å²) in [5.74, 6) is -1.24. The van der Waals surface area contributed by atoms with Gasteiger partial charge in [0.2, 0.25) is 5.91 Å². The van der Waals surface area contributed by atoms with Gasteiger partial charge in [-0.25, -0.2) is 14.4 Å². The lowest BCUT2D eigenvalue weighted by Gasteiger charge is -2.37. The summed E-state index contributed by atoms with van der Waals surface area (Å²) in [5.41, 5.74) is -1.28. The van der Waals surface area contributed by atoms with Crippen LogP contribution < -0.4 is 16.0 Å². The number of carbonyl (C=O) groups excluding carboxylic acids is 3. The van der Waals surface area contributed by atoms with Gasteiger partial charge in [0.1, 0.15) is 17.2 Å². The van der Waals surface area contributed by atoms with Gasteiger partial charge in [-0.3, -0.25) is 4.79 Å². The first-order valence-electron chi connectivity index (χ1n) is 12.9. The van der Waals surface area contributed by atoms with Crippen LogP contribution >= 0.6 is 12.4 Å². The van der Waals surface area contributed by atoms with Crippen LogP contribution in [-0.4, -0.2) is 111 Å². The largest absolute Gasteiger partial charge is 0.480 e. The van der Waals surface area contributed by atoms with E-state index in [4.69, 9.17) is 29.8 Å². The van der Waals surface area contributed by atoms with Crippen molar-refractivity contribution >= 4 is 36.5 Å². The number of alkyl carbamates (subject to hydrolysis) is 2. The number of carboxylic acid groups (broad SMARTS) is 1. The van der Waals surface area contributed by atoms with E-state index in [2.05, 4.69) is 32.8 Å². The quantitative estimate of drug-likeness (QED) is 0.302. The Labute approximate surface area is 253 Å². The molecule has 2 aliphatic heterocycles. The number of carboxylic acids is 1. The van der Waals surface area contributed by atoms with Crippen molar-refractivity contribution in [3.8, 4) is 12.1 Å². The van der Waals surface area contributed by atoms with Crippen LogP contribution in [0.3, 0.4) is 0 Å². The number of amides is 3. The molecule has 2 heterocycles. The van der Waals surface area contributed by atoms with Crippen LogP contribution in [0.1, 0.15) is 41.5 Å². The molecule has 42 heavy (non-hydrogen) atoms. The van der Waals surface area contributed by atoms with Crippen molar-refractivity contribution in [1.82, 2.24) is 20.9 Å². The fraction of sp³-hybridized carbons (Fsp3) is 0.769. The second-order valence-electron chi connectivity index (χ2n) is 11.2. The molecule has 0 saturated carbocycles. The molecule has 0 aromatic carbocycles. The van der Waals surface area contributed by atoms with Crippen molar-refractivity contribution in [2.75, 3.05) is 53.6 Å². The van der Waals surface area contributed by atoms with Crippen LogP contribution in [0.15, 0.2) is 0 Å². The Morgan fingerprint density at radius 1 is 0.857 bits per heavy atom. The van der Waals surface area contributed by atoms with Crippen molar-refractivity contribution in [3.63, 3.8) is 0 Å². The molecule has 15 nitrogen and oxygen atoms in total. The smallest absolute Gasteiger partial charge is 0.408 e. The molecule has 0 aliphatic carbocycles. The van der Waals surface area contributed by atoms with E-state index in [0.717, 1.165) is 13.1 Å². The lowest BCUT2D eigenvalue weighted by atomic mass is 10.0. The maximum absolute atomic E-state index is 12.1. The molecule has 0 spiro atoms. The number of carbonyl (C=O) groups is 4. The molecule has 16 heteroatoms. The summed E-state index contributed by atoms with van der Waals surface area (Å²) in [4.78, 5) is 47.2. The third-order valence-corrected chi connectivity index (χ3v) is 4.98. The number of likely N-dealkylation sites (tertiary alicyclic amines) is 1. The highest BCUT2D eigenvalue weighted by Crippen LogP contribution is 2.16. The fourth-order valence-electron chi connectivity index (χ4n) is 2.92. The third kappa shape index (κ3) is 18.1. The average molecular weight is 621 g/mol. The molecule has 0 radical (unpaired) electrons. The van der Waals surface area contributed by atoms with E-state index in [9.17, 15) is 19.2 Å². The summed E-state index contributed by atoms with van der Waals surface area (Å²) in [7, 11) is 2.80. The Morgan fingerprint density at radius 3 is 1.55 bits per heavy atom. The van der Waals surface area contributed by atoms with Gasteiger partial charge < -0.3 is 44.9 Å². The number of nitrogens with zero attached hydrogens (tertiary/aromatic N) is 3. The van der Waals surface area contributed by atoms with Crippen molar-refractivity contribution in [2.24, 2.45) is 11.8 Å². The van der Waals surface area contributed by atoms with E-state index >= 15 is 0 Å². The second kappa shape index (κ2) is 19.7. The van der Waals surface area contributed by atoms with E-state index in [0.29, 0.717) is 19.0 Å². The maximum Gasteiger partial charge on any atom is 0.408 e. The van der Waals surface area contributed by atoms with Gasteiger partial charge in [0.25, 0.3) is 0 Å². The molecular weight excluding hydrogens is 576 g/mol. The minimum atomic E-state index is -1.16. The predicted octanol–water partition coefficient (Wildman–Crippen LogP) is 1.27. The minimum Gasteiger partial charge on any atom is -0.480 e. The van der Waals surface area contributed by atoms with Crippen LogP contribution in [0.2, 0.25) is 0 Å². The Balaban J connectivity index is 0. The number of ether oxygens (including phenoxy) is 4. The number of aliphatic carboxylic acids is 1. The van der Waals surface area contributed by atoms with Crippen molar-refractivity contribution in [3.05, 3.63) is 0 Å². The molecule has 2 fully saturated rings. The maximum atomic E-state index is 12.1. The van der Waals surface area contributed by atoms with Gasteiger partial charge in [0, 0.05) is 40.4 Å². The zero-order valence-corrected chi connectivity index (χ0v) is 26.3. The summed E-state index contributed by atoms with van der Waals surface area (Å²) in [6, 6.07) is 2.34. The highest BCUT2D eigenvalue weighted by molar-refractivity contribution is 5.86. The molecule has 4 N–H and O–H groups in total. The number of rotatable bonds is 8. The van der Waals surface area contributed by atoms with Crippen LogP contribution in [-0.2, 0) is 28.5 Å². The minimum absolute atomic E-state index is 0. The molecule has 3 amide bonds. The van der Waals surface area contributed by atoms with Crippen LogP contribution in [0.25, 0.3) is 0 Å². The molecule has 0 aromatic rings. The number of hydrogen-bond acceptors (Lipinski definition) is 11. The van der Waals surface area contributed by atoms with E-state index in [1.807, 2.05) is 0 Å². The predicted molar refractivity (Wildman–Crippen MR) is 153 cm³/mol. The SMILES string of the molecule is COC[C@@H](NC(=O)OC(C)(C)C)C(=O)N1CC(C#N)C1.COC[C@@H](NC(=O)OC(C)(C)C)C(=O)O.Cl.N#CC1CNC1. The summed E-state index contributed by atoms with van der Waals surface area (Å²) >= 11 is 0. The van der Waals surface area contributed by atoms with E-state index in [1.165, 1.54) is 19.1 Å². The average Bonchev–Trinajstić information content (AvgIpc) is 2.75. The topological polar surface area (TPSA) is 212 Å². The standard InChI is InChI=1S/C13H21N3O4.C9H17NO5.C4H6N2.ClH/c1-13(2,3)20-12(18)15-10(8-19-4)11(17)16-6-9(5-14)7-16;1-9(2,3)15-8(13)10-6(5-14-4)7(11)12;5-1-4-2-6-3-4;/h9-10H,6-8H2,1-4H3,(H,15,18);6H,5H2,1-4H3,(H,10,13)(H,11,12);4,6H,2-3H2;1H/t10-;6-;;/m11../s1. The number of nitrogens with one attached hydrogen (secondary N) is 3. The number of methoxy groups -OCH3 is 2. The molecule has 2 aliphatic rings. The normalized spacial score (nSPS) is 15.8. The molecule has 0 bridgehead atoms. The molecule has 2 saturated heterocycles. The van der Waals surface area contributed by atoms with Gasteiger partial charge in [-0.2, -0.15) is 10.5 Å². The van der Waals surface area contributed by atoms with Crippen molar-refractivity contribution < 1.29 is 43.2 Å². The van der Waals surface area contributed by atoms with Crippen molar-refractivity contribution in [2.45, 2.75) is 64.8 Å². The molecular formula is C26H45ClN6O9. The second-order valence-corrected chi connectivity index (χ2v) is 11.2. The first-order valence-corrected chi connectivity index (χ1v) is 12.9. The van der Waals surface area contributed by atoms with E-state index < -0.39 is 41.4 Å². The Bertz CT molecular complexity index is 946. The van der Waals surface area contributed by atoms with Gasteiger partial charge in [-0.1, -0.05) is 0 Å². The van der Waals surface area contributed by atoms with Gasteiger partial charge in [-0.15, -0.1) is 12.4 Å². The lowest BCUT2D eigenvalue weighted by Crippen LogP contribution is -2.58. The number of halogens is 1. The molecule has 0 unspecified atom stereocenters. The molecule has 2 rings (SSSR count). The van der Waals surface area contributed by atoms with Gasteiger partial charge >= 0.3 is 18.2 Å². The Morgan fingerprint density at radius 2 is 1.26 bits per heavy atom. The fourth-order valence-corrected chi connectivity index (χ4v) is 2.92. The molecule has 240 valence electrons. The highest BCUT2D eigenvalue weighted by atomic mass is 35.5. The zero-order chi connectivity index (χ0) is 31.8. The van der Waals surface area contributed by atoms with Gasteiger partial charge in [0.15, 0.2) is 6.04 Å². The van der Waals surface area contributed by atoms with E-state index in [1.54, 1.807) is 41.5 Å². The summed E-state index contributed by atoms with van der Waals surface area (Å²) < 4.78 is 19.6. The van der Waals surface area contributed by atoms with Crippen molar-refractivity contribution in [1.29, 1.82) is 10.5 Å². The Hall–Kier alpha value is -3.37. The summed E-state index contributed by atoms with van der Waals surface area (Å²) in [6.07, 6.45) is -1.43.